The number of ether oxygens (including phenoxy) is 1. The van der Waals surface area contributed by atoms with Crippen LogP contribution in [0.4, 0.5) is 4.79 Å². The van der Waals surface area contributed by atoms with E-state index in [-0.39, 0.29) is 0 Å². The minimum Gasteiger partial charge on any atom is -0.481 e. The van der Waals surface area contributed by atoms with E-state index in [1.807, 2.05) is 20.8 Å². The quantitative estimate of drug-likeness (QED) is 0.834. The van der Waals surface area contributed by atoms with Gasteiger partial charge < -0.3 is 15.2 Å². The molecule has 1 amide bonds. The van der Waals surface area contributed by atoms with E-state index in [0.29, 0.717) is 12.8 Å². The highest BCUT2D eigenvalue weighted by molar-refractivity contribution is 5.80. The van der Waals surface area contributed by atoms with Gasteiger partial charge >= 0.3 is 12.1 Å². The Morgan fingerprint density at radius 2 is 1.60 bits per heavy atom. The predicted molar refractivity (Wildman–Crippen MR) is 74.5 cm³/mol. The van der Waals surface area contributed by atoms with Crippen molar-refractivity contribution >= 4 is 12.1 Å². The van der Waals surface area contributed by atoms with Gasteiger partial charge in [-0.2, -0.15) is 0 Å². The molecule has 0 unspecified atom stereocenters. The summed E-state index contributed by atoms with van der Waals surface area (Å²) >= 11 is 0. The van der Waals surface area contributed by atoms with Gasteiger partial charge in [0.05, 0.1) is 11.0 Å². The van der Waals surface area contributed by atoms with E-state index >= 15 is 0 Å². The summed E-state index contributed by atoms with van der Waals surface area (Å²) < 4.78 is 5.33. The first-order valence-corrected chi connectivity index (χ1v) is 7.45. The summed E-state index contributed by atoms with van der Waals surface area (Å²) in [7, 11) is 0. The second-order valence-electron chi connectivity index (χ2n) is 7.16. The van der Waals surface area contributed by atoms with Crippen LogP contribution in [0.3, 0.4) is 0 Å². The Kier molecular flexibility index (Phi) is 3.73. The summed E-state index contributed by atoms with van der Waals surface area (Å²) in [5, 5.41) is 12.6. The minimum atomic E-state index is -0.791. The largest absolute Gasteiger partial charge is 0.481 e. The molecule has 0 aliphatic heterocycles. The van der Waals surface area contributed by atoms with E-state index in [1.165, 1.54) is 0 Å². The topological polar surface area (TPSA) is 75.6 Å². The molecule has 2 aliphatic carbocycles. The highest BCUT2D eigenvalue weighted by atomic mass is 16.6. The lowest BCUT2D eigenvalue weighted by Gasteiger charge is -2.51. The summed E-state index contributed by atoms with van der Waals surface area (Å²) in [5.74, 6) is -0.776. The molecular weight excluding hydrogens is 258 g/mol. The number of alkyl carbamates (subject to hydrolysis) is 1. The molecule has 114 valence electrons. The maximum atomic E-state index is 12.1. The summed E-state index contributed by atoms with van der Waals surface area (Å²) in [6.07, 6.45) is 5.12. The van der Waals surface area contributed by atoms with Crippen LogP contribution in [0.2, 0.25) is 0 Å². The Labute approximate surface area is 120 Å². The number of nitrogens with one attached hydrogen (secondary N) is 1. The molecule has 2 saturated carbocycles. The maximum Gasteiger partial charge on any atom is 0.408 e. The van der Waals surface area contributed by atoms with E-state index in [4.69, 9.17) is 4.74 Å². The molecule has 0 bridgehead atoms. The van der Waals surface area contributed by atoms with Gasteiger partial charge in [0, 0.05) is 0 Å². The Balaban J connectivity index is 2.18. The number of carboxylic acids is 1. The number of aliphatic carboxylic acids is 1. The fourth-order valence-electron chi connectivity index (χ4n) is 3.63. The molecule has 5 heteroatoms. The average Bonchev–Trinajstić information content (AvgIpc) is 2.60. The van der Waals surface area contributed by atoms with Crippen molar-refractivity contribution in [2.45, 2.75) is 76.9 Å². The second kappa shape index (κ2) is 4.93. The van der Waals surface area contributed by atoms with E-state index in [9.17, 15) is 14.7 Å². The smallest absolute Gasteiger partial charge is 0.408 e. The standard InChI is InChI=1S/C15H25NO4/c1-13(2,3)20-12(19)16-15(9-4-5-10-15)14(11(17)18)7-6-8-14/h4-10H2,1-3H3,(H,16,19)(H,17,18). The zero-order valence-electron chi connectivity index (χ0n) is 12.6. The average molecular weight is 283 g/mol. The molecule has 0 saturated heterocycles. The van der Waals surface area contributed by atoms with Gasteiger partial charge in [0.2, 0.25) is 0 Å². The predicted octanol–water partition coefficient (Wildman–Crippen LogP) is 3.08. The molecule has 0 aromatic heterocycles. The van der Waals surface area contributed by atoms with Crippen molar-refractivity contribution in [2.75, 3.05) is 0 Å². The molecule has 2 N–H and O–H groups in total. The van der Waals surface area contributed by atoms with Crippen LogP contribution in [0.25, 0.3) is 0 Å². The fraction of sp³-hybridized carbons (Fsp3) is 0.867. The molecule has 2 fully saturated rings. The Bertz CT molecular complexity index is 401. The van der Waals surface area contributed by atoms with Crippen LogP contribution in [0.5, 0.6) is 0 Å². The molecule has 2 aliphatic rings. The fourth-order valence-corrected chi connectivity index (χ4v) is 3.63. The van der Waals surface area contributed by atoms with Gasteiger partial charge in [-0.3, -0.25) is 4.79 Å². The van der Waals surface area contributed by atoms with Gasteiger partial charge in [-0.25, -0.2) is 4.79 Å². The lowest BCUT2D eigenvalue weighted by molar-refractivity contribution is -0.163. The lowest BCUT2D eigenvalue weighted by Crippen LogP contribution is -2.64. The van der Waals surface area contributed by atoms with E-state index in [1.54, 1.807) is 0 Å². The molecule has 0 aromatic carbocycles. The van der Waals surface area contributed by atoms with Crippen LogP contribution in [0.15, 0.2) is 0 Å². The second-order valence-corrected chi connectivity index (χ2v) is 7.16. The van der Waals surface area contributed by atoms with Crippen molar-refractivity contribution in [1.29, 1.82) is 0 Å². The lowest BCUT2D eigenvalue weighted by atomic mass is 9.56. The number of hydrogen-bond acceptors (Lipinski definition) is 3. The number of rotatable bonds is 3. The van der Waals surface area contributed by atoms with Crippen molar-refractivity contribution < 1.29 is 19.4 Å². The number of hydrogen-bond donors (Lipinski definition) is 2. The van der Waals surface area contributed by atoms with Gasteiger partial charge in [0.25, 0.3) is 0 Å². The van der Waals surface area contributed by atoms with E-state index in [0.717, 1.165) is 32.1 Å². The summed E-state index contributed by atoms with van der Waals surface area (Å²) in [6, 6.07) is 0. The summed E-state index contributed by atoms with van der Waals surface area (Å²) in [4.78, 5) is 23.9. The van der Waals surface area contributed by atoms with Crippen LogP contribution >= 0.6 is 0 Å². The number of carboxylic acid groups (broad SMARTS) is 1. The highest BCUT2D eigenvalue weighted by Crippen LogP contribution is 2.55. The first-order chi connectivity index (χ1) is 9.21. The number of carbonyl (C=O) groups excluding carboxylic acids is 1. The SMILES string of the molecule is CC(C)(C)OC(=O)NC1(C2(C(=O)O)CCC2)CCCC1. The molecule has 0 heterocycles. The van der Waals surface area contributed by atoms with E-state index in [2.05, 4.69) is 5.32 Å². The first kappa shape index (κ1) is 15.1. The van der Waals surface area contributed by atoms with Crippen molar-refractivity contribution in [3.63, 3.8) is 0 Å². The van der Waals surface area contributed by atoms with Gasteiger partial charge in [-0.15, -0.1) is 0 Å². The monoisotopic (exact) mass is 283 g/mol. The van der Waals surface area contributed by atoms with Gasteiger partial charge in [0.1, 0.15) is 5.60 Å². The van der Waals surface area contributed by atoms with Crippen molar-refractivity contribution in [3.05, 3.63) is 0 Å². The van der Waals surface area contributed by atoms with Crippen LogP contribution < -0.4 is 5.32 Å². The Hall–Kier alpha value is -1.26. The molecule has 0 radical (unpaired) electrons. The number of amides is 1. The molecule has 0 spiro atoms. The van der Waals surface area contributed by atoms with Gasteiger partial charge in [0.15, 0.2) is 0 Å². The highest BCUT2D eigenvalue weighted by Gasteiger charge is 2.61. The maximum absolute atomic E-state index is 12.1. The van der Waals surface area contributed by atoms with Crippen molar-refractivity contribution in [2.24, 2.45) is 5.41 Å². The van der Waals surface area contributed by atoms with E-state index < -0.39 is 28.6 Å². The number of carbonyl (C=O) groups is 2. The molecule has 0 atom stereocenters. The third kappa shape index (κ3) is 2.50. The molecule has 2 rings (SSSR count). The molecule has 0 aromatic rings. The Morgan fingerprint density at radius 1 is 1.05 bits per heavy atom. The van der Waals surface area contributed by atoms with Gasteiger partial charge in [-0.05, 0) is 46.5 Å². The molecular formula is C15H25NO4. The summed E-state index contributed by atoms with van der Waals surface area (Å²) in [6.45, 7) is 5.43. The van der Waals surface area contributed by atoms with Crippen molar-refractivity contribution in [3.8, 4) is 0 Å². The zero-order chi connectivity index (χ0) is 15.0. The van der Waals surface area contributed by atoms with Crippen LogP contribution in [0.1, 0.15) is 65.7 Å². The van der Waals surface area contributed by atoms with Crippen LogP contribution in [-0.2, 0) is 9.53 Å². The normalized spacial score (nSPS) is 23.8. The Morgan fingerprint density at radius 3 is 1.95 bits per heavy atom. The zero-order valence-corrected chi connectivity index (χ0v) is 12.6. The van der Waals surface area contributed by atoms with Crippen LogP contribution in [0, 0.1) is 5.41 Å². The third-order valence-corrected chi connectivity index (χ3v) is 4.73. The van der Waals surface area contributed by atoms with Crippen LogP contribution in [-0.4, -0.2) is 28.3 Å². The van der Waals surface area contributed by atoms with Gasteiger partial charge in [-0.1, -0.05) is 19.3 Å². The summed E-state index contributed by atoms with van der Waals surface area (Å²) in [5.41, 5.74) is -1.99. The molecule has 5 nitrogen and oxygen atoms in total. The molecule has 20 heavy (non-hydrogen) atoms. The minimum absolute atomic E-state index is 0.494. The first-order valence-electron chi connectivity index (χ1n) is 7.45. The van der Waals surface area contributed by atoms with Crippen molar-refractivity contribution in [1.82, 2.24) is 5.32 Å². The third-order valence-electron chi connectivity index (χ3n) is 4.73.